The summed E-state index contributed by atoms with van der Waals surface area (Å²) in [7, 11) is 0. The van der Waals surface area contributed by atoms with Crippen molar-refractivity contribution in [3.05, 3.63) is 97.0 Å². The molecule has 0 aromatic heterocycles. The Balaban J connectivity index is 1.56. The molecular weight excluding hydrogens is 615 g/mol. The first-order valence-electron chi connectivity index (χ1n) is 10.7. The third-order valence-electron chi connectivity index (χ3n) is 5.14. The number of thioether (sulfide) groups is 1. The van der Waals surface area contributed by atoms with Gasteiger partial charge in [-0.15, -0.1) is 0 Å². The van der Waals surface area contributed by atoms with Gasteiger partial charge in [-0.1, -0.05) is 18.2 Å². The number of halogens is 3. The van der Waals surface area contributed by atoms with Crippen LogP contribution in [0.25, 0.3) is 6.08 Å². The normalized spacial score (nSPS) is 15.7. The molecule has 0 bridgehead atoms. The maximum absolute atomic E-state index is 13.1. The molecule has 1 fully saturated rings. The minimum Gasteiger partial charge on any atom is -0.487 e. The fourth-order valence-electron chi connectivity index (χ4n) is 3.38. The standard InChI is InChI=1S/C26H19Br2FN2O4S/c1-2-31-24(32)22(36-26(31)30-19-5-3-4-17(13-19)25(33)34)12-16-10-20(27)23(21(28)11-16)35-14-15-6-8-18(29)9-7-15/h3-13H,2,14H2,1H3,(H,33,34). The van der Waals surface area contributed by atoms with Crippen LogP contribution in [-0.4, -0.2) is 33.6 Å². The Labute approximate surface area is 228 Å². The van der Waals surface area contributed by atoms with Crippen LogP contribution in [0, 0.1) is 5.82 Å². The summed E-state index contributed by atoms with van der Waals surface area (Å²) < 4.78 is 20.4. The summed E-state index contributed by atoms with van der Waals surface area (Å²) >= 11 is 8.29. The first kappa shape index (κ1) is 26.1. The van der Waals surface area contributed by atoms with E-state index in [2.05, 4.69) is 36.9 Å². The zero-order chi connectivity index (χ0) is 25.8. The number of carbonyl (C=O) groups is 2. The number of aromatic carboxylic acids is 1. The third-order valence-corrected chi connectivity index (χ3v) is 7.32. The maximum Gasteiger partial charge on any atom is 0.335 e. The summed E-state index contributed by atoms with van der Waals surface area (Å²) in [4.78, 5) is 30.9. The van der Waals surface area contributed by atoms with Gasteiger partial charge in [-0.25, -0.2) is 14.2 Å². The van der Waals surface area contributed by atoms with Gasteiger partial charge in [0.15, 0.2) is 5.17 Å². The number of carboxylic acid groups (broad SMARTS) is 1. The van der Waals surface area contributed by atoms with E-state index in [9.17, 15) is 19.1 Å². The molecule has 6 nitrogen and oxygen atoms in total. The summed E-state index contributed by atoms with van der Waals surface area (Å²) in [5, 5.41) is 9.71. The average molecular weight is 634 g/mol. The van der Waals surface area contributed by atoms with E-state index >= 15 is 0 Å². The van der Waals surface area contributed by atoms with Crippen molar-refractivity contribution in [1.29, 1.82) is 0 Å². The van der Waals surface area contributed by atoms with Gasteiger partial charge < -0.3 is 9.84 Å². The van der Waals surface area contributed by atoms with E-state index in [1.807, 2.05) is 19.1 Å². The van der Waals surface area contributed by atoms with Gasteiger partial charge >= 0.3 is 5.97 Å². The Morgan fingerprint density at radius 1 is 1.14 bits per heavy atom. The van der Waals surface area contributed by atoms with Crippen LogP contribution in [0.2, 0.25) is 0 Å². The van der Waals surface area contributed by atoms with Crippen LogP contribution in [-0.2, 0) is 11.4 Å². The van der Waals surface area contributed by atoms with E-state index < -0.39 is 5.97 Å². The van der Waals surface area contributed by atoms with Crippen LogP contribution < -0.4 is 4.74 Å². The van der Waals surface area contributed by atoms with E-state index in [1.54, 1.807) is 35.2 Å². The van der Waals surface area contributed by atoms with Crippen molar-refractivity contribution in [2.75, 3.05) is 6.54 Å². The summed E-state index contributed by atoms with van der Waals surface area (Å²) in [5.74, 6) is -0.940. The second-order valence-corrected chi connectivity index (χ2v) is 10.4. The first-order chi connectivity index (χ1) is 17.2. The van der Waals surface area contributed by atoms with Crippen molar-refractivity contribution in [1.82, 2.24) is 4.90 Å². The Hall–Kier alpha value is -2.95. The summed E-state index contributed by atoms with van der Waals surface area (Å²) in [6.45, 7) is 2.54. The Morgan fingerprint density at radius 3 is 2.47 bits per heavy atom. The maximum atomic E-state index is 13.1. The first-order valence-corrected chi connectivity index (χ1v) is 13.1. The number of amides is 1. The fraction of sp³-hybridized carbons (Fsp3) is 0.115. The number of hydrogen-bond donors (Lipinski definition) is 1. The number of ether oxygens (including phenoxy) is 1. The summed E-state index contributed by atoms with van der Waals surface area (Å²) in [6.07, 6.45) is 1.77. The highest BCUT2D eigenvalue weighted by Crippen LogP contribution is 2.38. The number of likely N-dealkylation sites (N-methyl/N-ethyl adjacent to an activating group) is 1. The molecule has 36 heavy (non-hydrogen) atoms. The number of carbonyl (C=O) groups excluding carboxylic acids is 1. The van der Waals surface area contributed by atoms with Gasteiger partial charge in [-0.2, -0.15) is 0 Å². The second kappa shape index (κ2) is 11.4. The zero-order valence-corrected chi connectivity index (χ0v) is 22.9. The molecule has 0 atom stereocenters. The molecule has 0 aliphatic carbocycles. The Kier molecular flexibility index (Phi) is 8.28. The predicted molar refractivity (Wildman–Crippen MR) is 146 cm³/mol. The largest absolute Gasteiger partial charge is 0.487 e. The molecule has 1 aliphatic heterocycles. The third kappa shape index (κ3) is 6.05. The smallest absolute Gasteiger partial charge is 0.335 e. The number of nitrogens with zero attached hydrogens (tertiary/aromatic N) is 2. The fourth-order valence-corrected chi connectivity index (χ4v) is 5.89. The molecule has 0 spiro atoms. The number of aliphatic imine (C=N–C) groups is 1. The molecule has 3 aromatic rings. The summed E-state index contributed by atoms with van der Waals surface area (Å²) in [6, 6.07) is 16.0. The van der Waals surface area contributed by atoms with Crippen molar-refractivity contribution in [3.8, 4) is 5.75 Å². The number of hydrogen-bond acceptors (Lipinski definition) is 5. The molecule has 0 unspecified atom stereocenters. The number of rotatable bonds is 7. The minimum atomic E-state index is -1.04. The Morgan fingerprint density at radius 2 is 1.83 bits per heavy atom. The second-order valence-electron chi connectivity index (χ2n) is 7.64. The average Bonchev–Trinajstić information content (AvgIpc) is 3.13. The van der Waals surface area contributed by atoms with Gasteiger partial charge in [-0.05, 0) is 110 Å². The van der Waals surface area contributed by atoms with Gasteiger partial charge in [0.1, 0.15) is 18.2 Å². The lowest BCUT2D eigenvalue weighted by Gasteiger charge is -2.12. The molecular formula is C26H19Br2FN2O4S. The van der Waals surface area contributed by atoms with Crippen molar-refractivity contribution in [2.24, 2.45) is 4.99 Å². The van der Waals surface area contributed by atoms with Crippen LogP contribution >= 0.6 is 43.6 Å². The van der Waals surface area contributed by atoms with E-state index in [-0.39, 0.29) is 23.9 Å². The number of benzene rings is 3. The lowest BCUT2D eigenvalue weighted by molar-refractivity contribution is -0.122. The lowest BCUT2D eigenvalue weighted by atomic mass is 10.2. The van der Waals surface area contributed by atoms with Crippen molar-refractivity contribution >= 4 is 72.4 Å². The highest BCUT2D eigenvalue weighted by atomic mass is 79.9. The SMILES string of the molecule is CCN1C(=O)C(=Cc2cc(Br)c(OCc3ccc(F)cc3)c(Br)c2)SC1=Nc1cccc(C(=O)O)c1. The highest BCUT2D eigenvalue weighted by Gasteiger charge is 2.32. The predicted octanol–water partition coefficient (Wildman–Crippen LogP) is 7.25. The van der Waals surface area contributed by atoms with Crippen molar-refractivity contribution in [2.45, 2.75) is 13.5 Å². The highest BCUT2D eigenvalue weighted by molar-refractivity contribution is 9.11. The molecule has 10 heteroatoms. The molecule has 3 aromatic carbocycles. The van der Waals surface area contributed by atoms with Gasteiger partial charge in [0.25, 0.3) is 5.91 Å². The molecule has 1 N–H and O–H groups in total. The lowest BCUT2D eigenvalue weighted by Crippen LogP contribution is -2.28. The van der Waals surface area contributed by atoms with E-state index in [0.29, 0.717) is 37.0 Å². The molecule has 0 saturated carbocycles. The van der Waals surface area contributed by atoms with Gasteiger partial charge in [0.05, 0.1) is 25.1 Å². The number of amidine groups is 1. The molecule has 184 valence electrons. The van der Waals surface area contributed by atoms with E-state index in [1.165, 1.54) is 36.0 Å². The Bertz CT molecular complexity index is 1370. The number of carboxylic acids is 1. The molecule has 1 amide bonds. The van der Waals surface area contributed by atoms with Crippen molar-refractivity contribution < 1.29 is 23.8 Å². The minimum absolute atomic E-state index is 0.126. The van der Waals surface area contributed by atoms with Gasteiger partial charge in [0.2, 0.25) is 0 Å². The quantitative estimate of drug-likeness (QED) is 0.277. The van der Waals surface area contributed by atoms with Crippen LogP contribution in [0.5, 0.6) is 5.75 Å². The topological polar surface area (TPSA) is 79.2 Å². The zero-order valence-electron chi connectivity index (χ0n) is 18.9. The summed E-state index contributed by atoms with van der Waals surface area (Å²) in [5.41, 5.74) is 2.18. The van der Waals surface area contributed by atoms with Crippen molar-refractivity contribution in [3.63, 3.8) is 0 Å². The molecule has 1 saturated heterocycles. The van der Waals surface area contributed by atoms with Crippen LogP contribution in [0.3, 0.4) is 0 Å². The molecule has 1 heterocycles. The molecule has 0 radical (unpaired) electrons. The van der Waals surface area contributed by atoms with Gasteiger partial charge in [0, 0.05) is 6.54 Å². The monoisotopic (exact) mass is 632 g/mol. The molecule has 4 rings (SSSR count). The van der Waals surface area contributed by atoms with Crippen LogP contribution in [0.4, 0.5) is 10.1 Å². The molecule has 1 aliphatic rings. The van der Waals surface area contributed by atoms with Gasteiger partial charge in [-0.3, -0.25) is 9.69 Å². The van der Waals surface area contributed by atoms with E-state index in [0.717, 1.165) is 11.1 Å². The van der Waals surface area contributed by atoms with E-state index in [4.69, 9.17) is 4.74 Å². The van der Waals surface area contributed by atoms with Crippen LogP contribution in [0.1, 0.15) is 28.4 Å². The van der Waals surface area contributed by atoms with Crippen LogP contribution in [0.15, 0.2) is 79.5 Å².